The fourth-order valence-corrected chi connectivity index (χ4v) is 3.73. The first-order valence-corrected chi connectivity index (χ1v) is 7.79. The van der Waals surface area contributed by atoms with Crippen molar-refractivity contribution in [3.05, 3.63) is 24.0 Å². The van der Waals surface area contributed by atoms with Gasteiger partial charge in [-0.1, -0.05) is 6.42 Å². The predicted molar refractivity (Wildman–Crippen MR) is 83.6 cm³/mol. The number of carbonyl (C=O) groups excluding carboxylic acids is 2. The molecule has 1 saturated carbocycles. The molecule has 8 nitrogen and oxygen atoms in total. The summed E-state index contributed by atoms with van der Waals surface area (Å²) in [5.74, 6) is -1.37. The van der Waals surface area contributed by atoms with Crippen molar-refractivity contribution in [2.24, 2.45) is 11.3 Å². The highest BCUT2D eigenvalue weighted by atomic mass is 16.5. The van der Waals surface area contributed by atoms with Gasteiger partial charge < -0.3 is 20.1 Å². The Hall–Kier alpha value is -2.64. The summed E-state index contributed by atoms with van der Waals surface area (Å²) in [6.07, 6.45) is 5.10. The lowest BCUT2D eigenvalue weighted by Gasteiger charge is -2.23. The molecule has 3 rings (SSSR count). The van der Waals surface area contributed by atoms with Crippen LogP contribution in [-0.4, -0.2) is 53.2 Å². The zero-order chi connectivity index (χ0) is 17.3. The Kier molecular flexibility index (Phi) is 4.13. The maximum absolute atomic E-state index is 12.4. The monoisotopic (exact) mass is 333 g/mol. The molecule has 2 N–H and O–H groups in total. The first-order valence-electron chi connectivity index (χ1n) is 7.79. The molecule has 0 aromatic carbocycles. The summed E-state index contributed by atoms with van der Waals surface area (Å²) in [4.78, 5) is 41.0. The van der Waals surface area contributed by atoms with Gasteiger partial charge in [-0.15, -0.1) is 0 Å². The minimum absolute atomic E-state index is 0.000258. The number of hydrogen-bond acceptors (Lipinski definition) is 5. The SMILES string of the molecule is COC(=O)c1cncc(NC(=O)N2C[C@@H]3CCC[C@@]3(C(=O)O)C2)c1. The number of aliphatic carboxylic acids is 1. The fraction of sp³-hybridized carbons (Fsp3) is 0.500. The van der Waals surface area contributed by atoms with Gasteiger partial charge in [0.25, 0.3) is 0 Å². The van der Waals surface area contributed by atoms with Crippen molar-refractivity contribution in [2.75, 3.05) is 25.5 Å². The van der Waals surface area contributed by atoms with Gasteiger partial charge in [0.2, 0.25) is 0 Å². The first-order chi connectivity index (χ1) is 11.5. The number of urea groups is 1. The number of ether oxygens (including phenoxy) is 1. The van der Waals surface area contributed by atoms with Gasteiger partial charge >= 0.3 is 18.0 Å². The van der Waals surface area contributed by atoms with Crippen LogP contribution in [0.25, 0.3) is 0 Å². The number of anilines is 1. The summed E-state index contributed by atoms with van der Waals surface area (Å²) >= 11 is 0. The molecule has 1 saturated heterocycles. The molecule has 2 heterocycles. The van der Waals surface area contributed by atoms with Crippen LogP contribution < -0.4 is 5.32 Å². The second-order valence-corrected chi connectivity index (χ2v) is 6.31. The Morgan fingerprint density at radius 1 is 1.42 bits per heavy atom. The van der Waals surface area contributed by atoms with E-state index in [0.717, 1.165) is 12.8 Å². The Labute approximate surface area is 138 Å². The van der Waals surface area contributed by atoms with Crippen molar-refractivity contribution in [1.82, 2.24) is 9.88 Å². The molecular weight excluding hydrogens is 314 g/mol. The number of rotatable bonds is 3. The highest BCUT2D eigenvalue weighted by molar-refractivity contribution is 5.94. The van der Waals surface area contributed by atoms with Gasteiger partial charge in [-0.3, -0.25) is 9.78 Å². The Bertz CT molecular complexity index is 692. The number of carboxylic acid groups (broad SMARTS) is 1. The summed E-state index contributed by atoms with van der Waals surface area (Å²) in [7, 11) is 1.27. The maximum atomic E-state index is 12.4. The molecule has 8 heteroatoms. The van der Waals surface area contributed by atoms with Gasteiger partial charge in [-0.2, -0.15) is 0 Å². The number of nitrogens with one attached hydrogen (secondary N) is 1. The molecule has 1 aliphatic carbocycles. The van der Waals surface area contributed by atoms with Crippen LogP contribution in [-0.2, 0) is 9.53 Å². The van der Waals surface area contributed by atoms with Crippen LogP contribution in [0.4, 0.5) is 10.5 Å². The lowest BCUT2D eigenvalue weighted by Crippen LogP contribution is -2.38. The number of aromatic nitrogens is 1. The molecule has 1 aromatic heterocycles. The molecule has 0 bridgehead atoms. The van der Waals surface area contributed by atoms with E-state index in [0.29, 0.717) is 18.7 Å². The van der Waals surface area contributed by atoms with Crippen molar-refractivity contribution < 1.29 is 24.2 Å². The van der Waals surface area contributed by atoms with E-state index in [1.54, 1.807) is 0 Å². The Balaban J connectivity index is 1.71. The molecule has 0 spiro atoms. The number of carbonyl (C=O) groups is 3. The standard InChI is InChI=1S/C16H19N3O5/c1-24-13(20)10-5-12(7-17-6-10)18-15(23)19-8-11-3-2-4-16(11,9-19)14(21)22/h5-7,11H,2-4,8-9H2,1H3,(H,18,23)(H,21,22)/t11-,16+/m0/s1. The molecule has 2 aliphatic rings. The molecule has 24 heavy (non-hydrogen) atoms. The maximum Gasteiger partial charge on any atom is 0.339 e. The average molecular weight is 333 g/mol. The van der Waals surface area contributed by atoms with Crippen LogP contribution in [0, 0.1) is 11.3 Å². The molecular formula is C16H19N3O5. The first kappa shape index (κ1) is 16.2. The number of amides is 2. The summed E-state index contributed by atoms with van der Waals surface area (Å²) in [6.45, 7) is 0.644. The number of pyridine rings is 1. The number of methoxy groups -OCH3 is 1. The van der Waals surface area contributed by atoms with E-state index >= 15 is 0 Å². The predicted octanol–water partition coefficient (Wildman–Crippen LogP) is 1.59. The third-order valence-electron chi connectivity index (χ3n) is 4.99. The van der Waals surface area contributed by atoms with Crippen LogP contribution in [0.2, 0.25) is 0 Å². The Morgan fingerprint density at radius 3 is 2.88 bits per heavy atom. The minimum Gasteiger partial charge on any atom is -0.481 e. The summed E-state index contributed by atoms with van der Waals surface area (Å²) < 4.78 is 4.62. The van der Waals surface area contributed by atoms with Gasteiger partial charge in [-0.25, -0.2) is 9.59 Å². The van der Waals surface area contributed by atoms with Gasteiger partial charge in [0, 0.05) is 19.3 Å². The van der Waals surface area contributed by atoms with Gasteiger partial charge in [0.15, 0.2) is 0 Å². The van der Waals surface area contributed by atoms with Gasteiger partial charge in [0.05, 0.1) is 30.0 Å². The second kappa shape index (κ2) is 6.10. The molecule has 1 aliphatic heterocycles. The topological polar surface area (TPSA) is 109 Å². The third kappa shape index (κ3) is 2.68. The quantitative estimate of drug-likeness (QED) is 0.813. The van der Waals surface area contributed by atoms with Crippen molar-refractivity contribution in [3.8, 4) is 0 Å². The number of hydrogen-bond donors (Lipinski definition) is 2. The largest absolute Gasteiger partial charge is 0.481 e. The number of fused-ring (bicyclic) bond motifs is 1. The Morgan fingerprint density at radius 2 is 2.21 bits per heavy atom. The second-order valence-electron chi connectivity index (χ2n) is 6.31. The van der Waals surface area contributed by atoms with E-state index < -0.39 is 17.4 Å². The zero-order valence-electron chi connectivity index (χ0n) is 13.3. The van der Waals surface area contributed by atoms with Crippen LogP contribution >= 0.6 is 0 Å². The molecule has 2 amide bonds. The van der Waals surface area contributed by atoms with Crippen LogP contribution in [0.15, 0.2) is 18.5 Å². The van der Waals surface area contributed by atoms with Crippen molar-refractivity contribution in [3.63, 3.8) is 0 Å². The molecule has 0 unspecified atom stereocenters. The highest BCUT2D eigenvalue weighted by Gasteiger charge is 2.55. The van der Waals surface area contributed by atoms with E-state index in [1.165, 1.54) is 30.5 Å². The molecule has 2 atom stereocenters. The normalized spacial score (nSPS) is 25.2. The fourth-order valence-electron chi connectivity index (χ4n) is 3.73. The molecule has 2 fully saturated rings. The summed E-state index contributed by atoms with van der Waals surface area (Å²) in [5.41, 5.74) is -0.219. The van der Waals surface area contributed by atoms with Gasteiger partial charge in [-0.05, 0) is 24.8 Å². The molecule has 128 valence electrons. The van der Waals surface area contributed by atoms with Gasteiger partial charge in [0.1, 0.15) is 0 Å². The van der Waals surface area contributed by atoms with E-state index in [1.807, 2.05) is 0 Å². The summed E-state index contributed by atoms with van der Waals surface area (Å²) in [6, 6.07) is 1.09. The van der Waals surface area contributed by atoms with Crippen molar-refractivity contribution in [1.29, 1.82) is 0 Å². The smallest absolute Gasteiger partial charge is 0.339 e. The van der Waals surface area contributed by atoms with E-state index in [9.17, 15) is 19.5 Å². The average Bonchev–Trinajstić information content (AvgIpc) is 3.12. The number of likely N-dealkylation sites (tertiary alicyclic amines) is 1. The zero-order valence-corrected chi connectivity index (χ0v) is 13.3. The highest BCUT2D eigenvalue weighted by Crippen LogP contribution is 2.48. The lowest BCUT2D eigenvalue weighted by molar-refractivity contribution is -0.149. The number of carboxylic acids is 1. The van der Waals surface area contributed by atoms with Crippen LogP contribution in [0.3, 0.4) is 0 Å². The van der Waals surface area contributed by atoms with E-state index in [2.05, 4.69) is 15.0 Å². The van der Waals surface area contributed by atoms with E-state index in [-0.39, 0.29) is 24.1 Å². The number of esters is 1. The summed E-state index contributed by atoms with van der Waals surface area (Å²) in [5, 5.41) is 12.2. The van der Waals surface area contributed by atoms with Crippen LogP contribution in [0.1, 0.15) is 29.6 Å². The third-order valence-corrected chi connectivity index (χ3v) is 4.99. The minimum atomic E-state index is -0.824. The molecule has 0 radical (unpaired) electrons. The van der Waals surface area contributed by atoms with E-state index in [4.69, 9.17) is 0 Å². The lowest BCUT2D eigenvalue weighted by atomic mass is 9.81. The number of nitrogens with zero attached hydrogens (tertiary/aromatic N) is 2. The van der Waals surface area contributed by atoms with Crippen molar-refractivity contribution >= 4 is 23.7 Å². The van der Waals surface area contributed by atoms with Crippen LogP contribution in [0.5, 0.6) is 0 Å². The molecule has 1 aromatic rings. The van der Waals surface area contributed by atoms with Crippen molar-refractivity contribution in [2.45, 2.75) is 19.3 Å².